The van der Waals surface area contributed by atoms with Crippen LogP contribution in [0.2, 0.25) is 0 Å². The smallest absolute Gasteiger partial charge is 0.0655 e. The number of hydrogen-bond donors (Lipinski definition) is 1. The molecule has 0 bridgehead atoms. The summed E-state index contributed by atoms with van der Waals surface area (Å²) in [5, 5.41) is 7.64. The minimum atomic E-state index is 0.728. The van der Waals surface area contributed by atoms with Crippen molar-refractivity contribution in [1.29, 1.82) is 0 Å². The number of H-pyrrole nitrogens is 1. The fourth-order valence-corrected chi connectivity index (χ4v) is 2.56. The van der Waals surface area contributed by atoms with E-state index in [1.807, 2.05) is 0 Å². The summed E-state index contributed by atoms with van der Waals surface area (Å²) in [6.45, 7) is 4.58. The van der Waals surface area contributed by atoms with E-state index in [1.165, 1.54) is 43.5 Å². The van der Waals surface area contributed by atoms with Gasteiger partial charge in [-0.15, -0.1) is 0 Å². The molecular formula is C13H22N2. The lowest BCUT2D eigenvalue weighted by molar-refractivity contribution is 0.591. The maximum Gasteiger partial charge on any atom is 0.0655 e. The number of unbranched alkanes of at least 4 members (excludes halogenated alkanes) is 1. The zero-order valence-electron chi connectivity index (χ0n) is 9.92. The number of aromatic amines is 1. The van der Waals surface area contributed by atoms with Gasteiger partial charge in [-0.3, -0.25) is 5.10 Å². The minimum absolute atomic E-state index is 0.728. The van der Waals surface area contributed by atoms with Crippen LogP contribution in [0.5, 0.6) is 0 Å². The van der Waals surface area contributed by atoms with Crippen molar-refractivity contribution in [3.63, 3.8) is 0 Å². The fraction of sp³-hybridized carbons (Fsp3) is 0.769. The van der Waals surface area contributed by atoms with E-state index in [-0.39, 0.29) is 0 Å². The van der Waals surface area contributed by atoms with Crippen LogP contribution in [0, 0.1) is 5.92 Å². The Bertz CT molecular complexity index is 303. The molecule has 0 saturated heterocycles. The van der Waals surface area contributed by atoms with Gasteiger partial charge in [-0.05, 0) is 37.7 Å². The van der Waals surface area contributed by atoms with Gasteiger partial charge < -0.3 is 0 Å². The lowest BCUT2D eigenvalue weighted by Crippen LogP contribution is -1.93. The highest BCUT2D eigenvalue weighted by molar-refractivity contribution is 5.14. The van der Waals surface area contributed by atoms with Crippen LogP contribution >= 0.6 is 0 Å². The number of aryl methyl sites for hydroxylation is 1. The van der Waals surface area contributed by atoms with Gasteiger partial charge in [-0.1, -0.05) is 26.7 Å². The largest absolute Gasteiger partial charge is 0.282 e. The standard InChI is InChI=1S/C13H22N2/c1-3-4-5-12-9-13(15-14-12)11-7-6-10(2)8-11/h9-11H,3-8H2,1-2H3,(H,14,15). The van der Waals surface area contributed by atoms with Crippen molar-refractivity contribution in [2.75, 3.05) is 0 Å². The summed E-state index contributed by atoms with van der Waals surface area (Å²) < 4.78 is 0. The molecule has 1 fully saturated rings. The van der Waals surface area contributed by atoms with Crippen molar-refractivity contribution in [3.8, 4) is 0 Å². The van der Waals surface area contributed by atoms with Crippen LogP contribution in [-0.2, 0) is 6.42 Å². The third kappa shape index (κ3) is 2.61. The molecule has 2 rings (SSSR count). The average Bonchev–Trinajstić information content (AvgIpc) is 2.83. The molecule has 0 amide bonds. The zero-order chi connectivity index (χ0) is 10.7. The molecule has 2 heteroatoms. The third-order valence-corrected chi connectivity index (χ3v) is 3.56. The zero-order valence-corrected chi connectivity index (χ0v) is 9.92. The van der Waals surface area contributed by atoms with Gasteiger partial charge in [0.15, 0.2) is 0 Å². The lowest BCUT2D eigenvalue weighted by Gasteiger charge is -2.03. The quantitative estimate of drug-likeness (QED) is 0.800. The predicted molar refractivity (Wildman–Crippen MR) is 63.0 cm³/mol. The molecular weight excluding hydrogens is 184 g/mol. The number of hydrogen-bond acceptors (Lipinski definition) is 1. The molecule has 1 aliphatic rings. The molecule has 1 saturated carbocycles. The molecule has 2 atom stereocenters. The lowest BCUT2D eigenvalue weighted by atomic mass is 10.0. The van der Waals surface area contributed by atoms with Crippen molar-refractivity contribution in [1.82, 2.24) is 10.2 Å². The third-order valence-electron chi connectivity index (χ3n) is 3.56. The first-order valence-corrected chi connectivity index (χ1v) is 6.33. The SMILES string of the molecule is CCCCc1cc(C2CCC(C)C2)n[nH]1. The van der Waals surface area contributed by atoms with Crippen LogP contribution in [0.4, 0.5) is 0 Å². The number of nitrogens with zero attached hydrogens (tertiary/aromatic N) is 1. The Morgan fingerprint density at radius 1 is 1.47 bits per heavy atom. The molecule has 0 spiro atoms. The predicted octanol–water partition coefficient (Wildman–Crippen LogP) is 3.66. The Balaban J connectivity index is 1.94. The highest BCUT2D eigenvalue weighted by atomic mass is 15.1. The van der Waals surface area contributed by atoms with E-state index >= 15 is 0 Å². The second-order valence-electron chi connectivity index (χ2n) is 5.04. The summed E-state index contributed by atoms with van der Waals surface area (Å²) in [5.41, 5.74) is 2.64. The van der Waals surface area contributed by atoms with E-state index in [0.29, 0.717) is 0 Å². The van der Waals surface area contributed by atoms with Crippen LogP contribution in [0.15, 0.2) is 6.07 Å². The molecule has 1 aromatic rings. The maximum absolute atomic E-state index is 4.46. The molecule has 1 heterocycles. The van der Waals surface area contributed by atoms with E-state index < -0.39 is 0 Å². The van der Waals surface area contributed by atoms with Crippen molar-refractivity contribution in [2.24, 2.45) is 5.92 Å². The Labute approximate surface area is 92.5 Å². The molecule has 1 N–H and O–H groups in total. The Kier molecular flexibility index (Phi) is 3.45. The second-order valence-corrected chi connectivity index (χ2v) is 5.04. The first-order valence-electron chi connectivity index (χ1n) is 6.33. The average molecular weight is 206 g/mol. The van der Waals surface area contributed by atoms with Gasteiger partial charge in [0.25, 0.3) is 0 Å². The van der Waals surface area contributed by atoms with Gasteiger partial charge in [-0.2, -0.15) is 5.10 Å². The molecule has 2 unspecified atom stereocenters. The summed E-state index contributed by atoms with van der Waals surface area (Å²) in [5.74, 6) is 1.62. The molecule has 1 aliphatic carbocycles. The van der Waals surface area contributed by atoms with E-state index in [2.05, 4.69) is 30.1 Å². The number of nitrogens with one attached hydrogen (secondary N) is 1. The van der Waals surface area contributed by atoms with Crippen molar-refractivity contribution in [2.45, 2.75) is 58.3 Å². The number of aromatic nitrogens is 2. The van der Waals surface area contributed by atoms with Gasteiger partial charge in [-0.25, -0.2) is 0 Å². The molecule has 1 aromatic heterocycles. The molecule has 0 aliphatic heterocycles. The summed E-state index contributed by atoms with van der Waals surface area (Å²) in [4.78, 5) is 0. The van der Waals surface area contributed by atoms with Gasteiger partial charge in [0.1, 0.15) is 0 Å². The van der Waals surface area contributed by atoms with Crippen molar-refractivity contribution < 1.29 is 0 Å². The highest BCUT2D eigenvalue weighted by Gasteiger charge is 2.24. The van der Waals surface area contributed by atoms with Gasteiger partial charge in [0, 0.05) is 11.6 Å². The van der Waals surface area contributed by atoms with E-state index in [4.69, 9.17) is 0 Å². The van der Waals surface area contributed by atoms with E-state index in [1.54, 1.807) is 0 Å². The molecule has 84 valence electrons. The fourth-order valence-electron chi connectivity index (χ4n) is 2.56. The second kappa shape index (κ2) is 4.82. The van der Waals surface area contributed by atoms with Gasteiger partial charge in [0.2, 0.25) is 0 Å². The van der Waals surface area contributed by atoms with Crippen molar-refractivity contribution >= 4 is 0 Å². The Hall–Kier alpha value is -0.790. The molecule has 2 nitrogen and oxygen atoms in total. The first-order chi connectivity index (χ1) is 7.29. The normalized spacial score (nSPS) is 26.0. The number of rotatable bonds is 4. The topological polar surface area (TPSA) is 28.7 Å². The minimum Gasteiger partial charge on any atom is -0.282 e. The van der Waals surface area contributed by atoms with E-state index in [9.17, 15) is 0 Å². The van der Waals surface area contributed by atoms with Gasteiger partial charge in [0.05, 0.1) is 5.69 Å². The highest BCUT2D eigenvalue weighted by Crippen LogP contribution is 2.37. The molecule has 0 radical (unpaired) electrons. The summed E-state index contributed by atoms with van der Waals surface area (Å²) in [7, 11) is 0. The molecule has 15 heavy (non-hydrogen) atoms. The van der Waals surface area contributed by atoms with Crippen molar-refractivity contribution in [3.05, 3.63) is 17.5 Å². The molecule has 0 aromatic carbocycles. The monoisotopic (exact) mass is 206 g/mol. The summed E-state index contributed by atoms with van der Waals surface area (Å²) in [6, 6.07) is 2.29. The van der Waals surface area contributed by atoms with Crippen LogP contribution in [0.1, 0.15) is 63.3 Å². The first kappa shape index (κ1) is 10.7. The van der Waals surface area contributed by atoms with Gasteiger partial charge >= 0.3 is 0 Å². The van der Waals surface area contributed by atoms with Crippen LogP contribution < -0.4 is 0 Å². The maximum atomic E-state index is 4.46. The summed E-state index contributed by atoms with van der Waals surface area (Å²) >= 11 is 0. The van der Waals surface area contributed by atoms with E-state index in [0.717, 1.165) is 18.3 Å². The van der Waals surface area contributed by atoms with Crippen LogP contribution in [0.3, 0.4) is 0 Å². The van der Waals surface area contributed by atoms with Crippen LogP contribution in [0.25, 0.3) is 0 Å². The Morgan fingerprint density at radius 3 is 3.00 bits per heavy atom. The Morgan fingerprint density at radius 2 is 2.33 bits per heavy atom. The van der Waals surface area contributed by atoms with Crippen LogP contribution in [-0.4, -0.2) is 10.2 Å². The summed E-state index contributed by atoms with van der Waals surface area (Å²) in [6.07, 6.45) is 7.72.